The topological polar surface area (TPSA) is 35.6 Å². The fourth-order valence-corrected chi connectivity index (χ4v) is 3.90. The molecule has 0 aromatic heterocycles. The standard InChI is InChI=1S/C17H33N3O/c1-14-11-15(2)13-20(12-14)8-4-7-18-17(21)16-5-9-19(3)10-6-16/h14-16H,4-13H2,1-3H3,(H,18,21). The zero-order chi connectivity index (χ0) is 15.2. The molecule has 122 valence electrons. The van der Waals surface area contributed by atoms with Crippen LogP contribution in [0.5, 0.6) is 0 Å². The van der Waals surface area contributed by atoms with Crippen LogP contribution in [0.25, 0.3) is 0 Å². The van der Waals surface area contributed by atoms with Gasteiger partial charge in [-0.1, -0.05) is 13.8 Å². The average Bonchev–Trinajstić information content (AvgIpc) is 2.43. The lowest BCUT2D eigenvalue weighted by atomic mass is 9.92. The predicted molar refractivity (Wildman–Crippen MR) is 87.2 cm³/mol. The maximum absolute atomic E-state index is 12.1. The molecule has 21 heavy (non-hydrogen) atoms. The van der Waals surface area contributed by atoms with E-state index in [4.69, 9.17) is 0 Å². The van der Waals surface area contributed by atoms with Crippen LogP contribution < -0.4 is 5.32 Å². The Balaban J connectivity index is 1.58. The third-order valence-corrected chi connectivity index (χ3v) is 4.98. The van der Waals surface area contributed by atoms with Crippen molar-refractivity contribution in [3.63, 3.8) is 0 Å². The van der Waals surface area contributed by atoms with Crippen LogP contribution >= 0.6 is 0 Å². The Morgan fingerprint density at radius 2 is 1.76 bits per heavy atom. The molecule has 0 saturated carbocycles. The first-order valence-electron chi connectivity index (χ1n) is 8.73. The number of piperidine rings is 2. The van der Waals surface area contributed by atoms with Gasteiger partial charge < -0.3 is 15.1 Å². The number of nitrogens with one attached hydrogen (secondary N) is 1. The van der Waals surface area contributed by atoms with Gasteiger partial charge >= 0.3 is 0 Å². The highest BCUT2D eigenvalue weighted by Crippen LogP contribution is 2.20. The molecule has 2 aliphatic heterocycles. The number of hydrogen-bond acceptors (Lipinski definition) is 3. The summed E-state index contributed by atoms with van der Waals surface area (Å²) in [6.07, 6.45) is 4.48. The van der Waals surface area contributed by atoms with E-state index in [1.54, 1.807) is 0 Å². The lowest BCUT2D eigenvalue weighted by molar-refractivity contribution is -0.126. The monoisotopic (exact) mass is 295 g/mol. The second kappa shape index (κ2) is 8.14. The van der Waals surface area contributed by atoms with Crippen molar-refractivity contribution >= 4 is 5.91 Å². The van der Waals surface area contributed by atoms with E-state index >= 15 is 0 Å². The molecule has 1 N–H and O–H groups in total. The molecule has 0 spiro atoms. The minimum Gasteiger partial charge on any atom is -0.356 e. The van der Waals surface area contributed by atoms with Crippen molar-refractivity contribution in [2.24, 2.45) is 17.8 Å². The van der Waals surface area contributed by atoms with Crippen molar-refractivity contribution in [1.29, 1.82) is 0 Å². The summed E-state index contributed by atoms with van der Waals surface area (Å²) in [7, 11) is 2.13. The number of hydrogen-bond donors (Lipinski definition) is 1. The number of rotatable bonds is 5. The van der Waals surface area contributed by atoms with E-state index in [1.807, 2.05) is 0 Å². The third-order valence-electron chi connectivity index (χ3n) is 4.98. The molecule has 2 saturated heterocycles. The summed E-state index contributed by atoms with van der Waals surface area (Å²) in [6, 6.07) is 0. The molecule has 4 nitrogen and oxygen atoms in total. The van der Waals surface area contributed by atoms with Crippen LogP contribution in [0.2, 0.25) is 0 Å². The average molecular weight is 295 g/mol. The Morgan fingerprint density at radius 1 is 1.14 bits per heavy atom. The van der Waals surface area contributed by atoms with E-state index in [2.05, 4.69) is 36.0 Å². The van der Waals surface area contributed by atoms with Crippen LogP contribution in [0, 0.1) is 17.8 Å². The van der Waals surface area contributed by atoms with Gasteiger partial charge in [-0.3, -0.25) is 4.79 Å². The van der Waals surface area contributed by atoms with Crippen molar-refractivity contribution in [3.8, 4) is 0 Å². The van der Waals surface area contributed by atoms with Gasteiger partial charge in [-0.05, 0) is 64.2 Å². The second-order valence-corrected chi connectivity index (χ2v) is 7.43. The van der Waals surface area contributed by atoms with E-state index in [1.165, 1.54) is 19.5 Å². The Bertz CT molecular complexity index is 316. The van der Waals surface area contributed by atoms with Crippen LogP contribution in [0.1, 0.15) is 39.5 Å². The van der Waals surface area contributed by atoms with E-state index in [0.29, 0.717) is 0 Å². The Kier molecular flexibility index (Phi) is 6.49. The zero-order valence-electron chi connectivity index (χ0n) is 14.1. The fraction of sp³-hybridized carbons (Fsp3) is 0.941. The quantitative estimate of drug-likeness (QED) is 0.786. The highest BCUT2D eigenvalue weighted by Gasteiger charge is 2.23. The molecule has 0 radical (unpaired) electrons. The van der Waals surface area contributed by atoms with Gasteiger partial charge in [0, 0.05) is 25.6 Å². The maximum Gasteiger partial charge on any atom is 0.223 e. The number of nitrogens with zero attached hydrogens (tertiary/aromatic N) is 2. The molecular weight excluding hydrogens is 262 g/mol. The van der Waals surface area contributed by atoms with Crippen LogP contribution in [0.15, 0.2) is 0 Å². The fourth-order valence-electron chi connectivity index (χ4n) is 3.90. The molecule has 2 heterocycles. The van der Waals surface area contributed by atoms with Crippen molar-refractivity contribution in [3.05, 3.63) is 0 Å². The normalized spacial score (nSPS) is 29.5. The second-order valence-electron chi connectivity index (χ2n) is 7.43. The molecule has 0 aromatic carbocycles. The summed E-state index contributed by atoms with van der Waals surface area (Å²) in [6.45, 7) is 11.2. The minimum atomic E-state index is 0.247. The van der Waals surface area contributed by atoms with Crippen molar-refractivity contribution in [2.45, 2.75) is 39.5 Å². The van der Waals surface area contributed by atoms with Gasteiger partial charge in [0.2, 0.25) is 5.91 Å². The summed E-state index contributed by atoms with van der Waals surface area (Å²) >= 11 is 0. The largest absolute Gasteiger partial charge is 0.356 e. The zero-order valence-corrected chi connectivity index (χ0v) is 14.1. The van der Waals surface area contributed by atoms with E-state index in [0.717, 1.165) is 57.3 Å². The van der Waals surface area contributed by atoms with E-state index in [9.17, 15) is 4.79 Å². The highest BCUT2D eigenvalue weighted by atomic mass is 16.1. The number of likely N-dealkylation sites (tertiary alicyclic amines) is 2. The van der Waals surface area contributed by atoms with Crippen molar-refractivity contribution < 1.29 is 4.79 Å². The van der Waals surface area contributed by atoms with Crippen LogP contribution in [-0.2, 0) is 4.79 Å². The number of amides is 1. The van der Waals surface area contributed by atoms with Gasteiger partial charge in [0.1, 0.15) is 0 Å². The van der Waals surface area contributed by atoms with Crippen LogP contribution in [0.4, 0.5) is 0 Å². The third kappa shape index (κ3) is 5.59. The molecule has 0 bridgehead atoms. The molecule has 0 aromatic rings. The molecule has 0 aliphatic carbocycles. The van der Waals surface area contributed by atoms with Gasteiger partial charge in [0.05, 0.1) is 0 Å². The summed E-state index contributed by atoms with van der Waals surface area (Å²) in [5.74, 6) is 2.17. The van der Waals surface area contributed by atoms with E-state index in [-0.39, 0.29) is 11.8 Å². The maximum atomic E-state index is 12.1. The molecule has 2 atom stereocenters. The molecule has 2 fully saturated rings. The molecule has 2 unspecified atom stereocenters. The van der Waals surface area contributed by atoms with Gasteiger partial charge in [-0.25, -0.2) is 0 Å². The molecule has 1 amide bonds. The van der Waals surface area contributed by atoms with Gasteiger partial charge in [0.25, 0.3) is 0 Å². The molecule has 2 aliphatic rings. The predicted octanol–water partition coefficient (Wildman–Crippen LogP) is 1.81. The lowest BCUT2D eigenvalue weighted by Crippen LogP contribution is -2.41. The molecule has 2 rings (SSSR count). The van der Waals surface area contributed by atoms with Crippen molar-refractivity contribution in [1.82, 2.24) is 15.1 Å². The Hall–Kier alpha value is -0.610. The van der Waals surface area contributed by atoms with Crippen molar-refractivity contribution in [2.75, 3.05) is 46.3 Å². The summed E-state index contributed by atoms with van der Waals surface area (Å²) in [5.41, 5.74) is 0. The first-order chi connectivity index (χ1) is 10.0. The van der Waals surface area contributed by atoms with Crippen LogP contribution in [-0.4, -0.2) is 62.0 Å². The van der Waals surface area contributed by atoms with E-state index < -0.39 is 0 Å². The Labute approximate surface area is 130 Å². The SMILES string of the molecule is CC1CC(C)CN(CCCNC(=O)C2CCN(C)CC2)C1. The smallest absolute Gasteiger partial charge is 0.223 e. The minimum absolute atomic E-state index is 0.247. The number of carbonyl (C=O) groups is 1. The van der Waals surface area contributed by atoms with Gasteiger partial charge in [-0.2, -0.15) is 0 Å². The molecule has 4 heteroatoms. The summed E-state index contributed by atoms with van der Waals surface area (Å²) in [5, 5.41) is 3.15. The number of carbonyl (C=O) groups excluding carboxylic acids is 1. The first kappa shape index (κ1) is 16.8. The van der Waals surface area contributed by atoms with Crippen LogP contribution in [0.3, 0.4) is 0 Å². The van der Waals surface area contributed by atoms with Gasteiger partial charge in [0.15, 0.2) is 0 Å². The summed E-state index contributed by atoms with van der Waals surface area (Å²) in [4.78, 5) is 17.0. The molecular formula is C17H33N3O. The highest BCUT2D eigenvalue weighted by molar-refractivity contribution is 5.78. The van der Waals surface area contributed by atoms with Gasteiger partial charge in [-0.15, -0.1) is 0 Å². The lowest BCUT2D eigenvalue weighted by Gasteiger charge is -2.35. The first-order valence-corrected chi connectivity index (χ1v) is 8.73. The Morgan fingerprint density at radius 3 is 2.38 bits per heavy atom. The summed E-state index contributed by atoms with van der Waals surface area (Å²) < 4.78 is 0.